The maximum Gasteiger partial charge on any atom is 0.226 e. The second-order valence-electron chi connectivity index (χ2n) is 3.11. The molecule has 2 fully saturated rings. The van der Waals surface area contributed by atoms with E-state index in [1.165, 1.54) is 0 Å². The lowest BCUT2D eigenvalue weighted by Gasteiger charge is -2.47. The first-order chi connectivity index (χ1) is 5.72. The predicted octanol–water partition coefficient (Wildman–Crippen LogP) is 2.02. The number of β-lactam (4-membered cyclic amide) rings is 1. The normalized spacial score (nSPS) is 40.7. The first-order valence-corrected chi connectivity index (χ1v) is 6.85. The number of hydrogen-bond acceptors (Lipinski definition) is 2. The van der Waals surface area contributed by atoms with Gasteiger partial charge in [-0.25, -0.2) is 0 Å². The Kier molecular flexibility index (Phi) is 2.72. The molecule has 2 unspecified atom stereocenters. The van der Waals surface area contributed by atoms with Crippen LogP contribution in [0.3, 0.4) is 0 Å². The van der Waals surface area contributed by atoms with Gasteiger partial charge in [0.2, 0.25) is 5.91 Å². The first-order valence-electron chi connectivity index (χ1n) is 3.87. The van der Waals surface area contributed by atoms with Gasteiger partial charge in [0, 0.05) is 17.8 Å². The molecule has 3 atom stereocenters. The van der Waals surface area contributed by atoms with E-state index < -0.39 is 0 Å². The van der Waals surface area contributed by atoms with Crippen LogP contribution in [0.25, 0.3) is 0 Å². The zero-order chi connectivity index (χ0) is 8.72. The lowest BCUT2D eigenvalue weighted by Crippen LogP contribution is -2.57. The summed E-state index contributed by atoms with van der Waals surface area (Å²) in [6.07, 6.45) is 0.738. The van der Waals surface area contributed by atoms with E-state index in [0.29, 0.717) is 21.4 Å². The summed E-state index contributed by atoms with van der Waals surface area (Å²) >= 11 is 8.96. The minimum absolute atomic E-state index is 0.317. The van der Waals surface area contributed by atoms with Gasteiger partial charge in [0.05, 0.1) is 16.0 Å². The molecule has 0 saturated carbocycles. The second kappa shape index (κ2) is 3.50. The number of halogens is 2. The van der Waals surface area contributed by atoms with Gasteiger partial charge in [-0.2, -0.15) is 0 Å². The highest BCUT2D eigenvalue weighted by molar-refractivity contribution is 9.11. The van der Waals surface area contributed by atoms with Crippen molar-refractivity contribution in [3.05, 3.63) is 0 Å². The van der Waals surface area contributed by atoms with Gasteiger partial charge >= 0.3 is 0 Å². The Morgan fingerprint density at radius 3 is 3.00 bits per heavy atom. The third-order valence-corrected chi connectivity index (χ3v) is 5.91. The Balaban J connectivity index is 2.01. The lowest BCUT2D eigenvalue weighted by molar-refractivity contribution is -0.142. The number of hydrogen-bond donors (Lipinski definition) is 0. The van der Waals surface area contributed by atoms with Crippen LogP contribution in [-0.4, -0.2) is 32.2 Å². The number of fused-ring (bicyclic) bond motifs is 1. The van der Waals surface area contributed by atoms with Crippen molar-refractivity contribution < 1.29 is 4.79 Å². The average Bonchev–Trinajstić information content (AvgIpc) is 2.04. The second-order valence-corrected chi connectivity index (χ2v) is 6.67. The molecule has 0 aliphatic carbocycles. The largest absolute Gasteiger partial charge is 0.330 e. The minimum Gasteiger partial charge on any atom is -0.330 e. The van der Waals surface area contributed by atoms with Crippen LogP contribution < -0.4 is 0 Å². The van der Waals surface area contributed by atoms with E-state index in [9.17, 15) is 4.79 Å². The van der Waals surface area contributed by atoms with Crippen molar-refractivity contribution in [2.24, 2.45) is 5.92 Å². The van der Waals surface area contributed by atoms with E-state index >= 15 is 0 Å². The van der Waals surface area contributed by atoms with Gasteiger partial charge in [0.15, 0.2) is 0 Å². The maximum absolute atomic E-state index is 11.1. The number of nitrogens with zero attached hydrogens (tertiary/aromatic N) is 1. The van der Waals surface area contributed by atoms with Gasteiger partial charge in [0.1, 0.15) is 0 Å². The molecular formula is C7H9Br2NOS. The standard InChI is InChI=1S/C7H9Br2NOS/c8-2-4-3-10-5(11)1-6(10)12-7(4)9/h4,6-7H,1-3H2/t4?,6-,7?/m1/s1. The zero-order valence-electron chi connectivity index (χ0n) is 6.37. The van der Waals surface area contributed by atoms with Crippen molar-refractivity contribution in [2.45, 2.75) is 16.0 Å². The molecule has 0 N–H and O–H groups in total. The number of rotatable bonds is 1. The first kappa shape index (κ1) is 9.34. The van der Waals surface area contributed by atoms with E-state index in [1.807, 2.05) is 16.7 Å². The minimum atomic E-state index is 0.317. The summed E-state index contributed by atoms with van der Waals surface area (Å²) in [5, 5.41) is 1.42. The van der Waals surface area contributed by atoms with Crippen molar-refractivity contribution >= 4 is 49.5 Å². The number of amides is 1. The van der Waals surface area contributed by atoms with Crippen molar-refractivity contribution in [3.8, 4) is 0 Å². The van der Waals surface area contributed by atoms with Crippen LogP contribution in [0.1, 0.15) is 6.42 Å². The molecule has 0 aromatic carbocycles. The van der Waals surface area contributed by atoms with E-state index in [1.54, 1.807) is 0 Å². The highest BCUT2D eigenvalue weighted by Crippen LogP contribution is 2.43. The smallest absolute Gasteiger partial charge is 0.226 e. The summed E-state index contributed by atoms with van der Waals surface area (Å²) in [6, 6.07) is 0. The van der Waals surface area contributed by atoms with E-state index in [4.69, 9.17) is 0 Å². The molecule has 68 valence electrons. The molecule has 1 amide bonds. The number of carbonyl (C=O) groups excluding carboxylic acids is 1. The molecule has 2 rings (SSSR count). The predicted molar refractivity (Wildman–Crippen MR) is 57.7 cm³/mol. The van der Waals surface area contributed by atoms with Crippen LogP contribution in [0.2, 0.25) is 0 Å². The Bertz CT molecular complexity index is 214. The van der Waals surface area contributed by atoms with Gasteiger partial charge in [0.25, 0.3) is 0 Å². The summed E-state index contributed by atoms with van der Waals surface area (Å²) in [6.45, 7) is 0.914. The fourth-order valence-corrected chi connectivity index (χ4v) is 5.20. The molecule has 2 saturated heterocycles. The Morgan fingerprint density at radius 1 is 1.67 bits per heavy atom. The summed E-state index contributed by atoms with van der Waals surface area (Å²) in [5.74, 6) is 0.869. The topological polar surface area (TPSA) is 20.3 Å². The van der Waals surface area contributed by atoms with E-state index in [0.717, 1.165) is 18.3 Å². The summed E-state index contributed by atoms with van der Waals surface area (Å²) in [5.41, 5.74) is 0. The molecule has 0 bridgehead atoms. The van der Waals surface area contributed by atoms with Crippen molar-refractivity contribution in [2.75, 3.05) is 11.9 Å². The summed E-state index contributed by atoms with van der Waals surface area (Å²) < 4.78 is 0.506. The van der Waals surface area contributed by atoms with Crippen LogP contribution in [0.4, 0.5) is 0 Å². The van der Waals surface area contributed by atoms with Crippen molar-refractivity contribution in [1.82, 2.24) is 4.90 Å². The summed E-state index contributed by atoms with van der Waals surface area (Å²) in [7, 11) is 0. The van der Waals surface area contributed by atoms with Gasteiger partial charge < -0.3 is 4.90 Å². The molecule has 0 spiro atoms. The zero-order valence-corrected chi connectivity index (χ0v) is 10.4. The van der Waals surface area contributed by atoms with E-state index in [2.05, 4.69) is 31.9 Å². The molecule has 0 aromatic heterocycles. The number of thioether (sulfide) groups is 1. The molecule has 2 aliphatic heterocycles. The molecule has 2 nitrogen and oxygen atoms in total. The van der Waals surface area contributed by atoms with E-state index in [-0.39, 0.29) is 0 Å². The quantitative estimate of drug-likeness (QED) is 0.545. The number of carbonyl (C=O) groups is 1. The van der Waals surface area contributed by atoms with Crippen LogP contribution in [0.15, 0.2) is 0 Å². The van der Waals surface area contributed by atoms with Crippen molar-refractivity contribution in [1.29, 1.82) is 0 Å². The fraction of sp³-hybridized carbons (Fsp3) is 0.857. The SMILES string of the molecule is O=C1C[C@H]2SC(Br)C(CBr)CN12. The molecule has 5 heteroatoms. The maximum atomic E-state index is 11.1. The van der Waals surface area contributed by atoms with Gasteiger partial charge in [-0.05, 0) is 0 Å². The molecular weight excluding hydrogens is 306 g/mol. The van der Waals surface area contributed by atoms with Crippen LogP contribution >= 0.6 is 43.6 Å². The molecule has 2 aliphatic rings. The third-order valence-electron chi connectivity index (χ3n) is 2.30. The highest BCUT2D eigenvalue weighted by Gasteiger charge is 2.44. The molecule has 0 radical (unpaired) electrons. The Labute approximate surface area is 92.7 Å². The third kappa shape index (κ3) is 1.44. The molecule has 0 aromatic rings. The van der Waals surface area contributed by atoms with Crippen molar-refractivity contribution in [3.63, 3.8) is 0 Å². The average molecular weight is 315 g/mol. The lowest BCUT2D eigenvalue weighted by atomic mass is 10.1. The Hall–Kier alpha value is 0.780. The highest BCUT2D eigenvalue weighted by atomic mass is 79.9. The van der Waals surface area contributed by atoms with Crippen LogP contribution in [0, 0.1) is 5.92 Å². The Morgan fingerprint density at radius 2 is 2.42 bits per heavy atom. The fourth-order valence-electron chi connectivity index (χ4n) is 1.48. The monoisotopic (exact) mass is 313 g/mol. The van der Waals surface area contributed by atoms with Gasteiger partial charge in [-0.3, -0.25) is 4.79 Å². The van der Waals surface area contributed by atoms with Crippen LogP contribution in [0.5, 0.6) is 0 Å². The molecule has 12 heavy (non-hydrogen) atoms. The van der Waals surface area contributed by atoms with Crippen LogP contribution in [-0.2, 0) is 4.79 Å². The molecule has 2 heterocycles. The van der Waals surface area contributed by atoms with Gasteiger partial charge in [-0.1, -0.05) is 31.9 Å². The summed E-state index contributed by atoms with van der Waals surface area (Å²) in [4.78, 5) is 13.1. The van der Waals surface area contributed by atoms with Gasteiger partial charge in [-0.15, -0.1) is 11.8 Å². The number of alkyl halides is 2.